The van der Waals surface area contributed by atoms with Crippen LogP contribution in [0.5, 0.6) is 5.88 Å². The number of ether oxygens (including phenoxy) is 2. The minimum Gasteiger partial charge on any atom is -0.471 e. The van der Waals surface area contributed by atoms with Crippen molar-refractivity contribution in [2.24, 2.45) is 0 Å². The Balaban J connectivity index is 1.49. The topological polar surface area (TPSA) is 106 Å². The predicted molar refractivity (Wildman–Crippen MR) is 120 cm³/mol. The number of hydrogen-bond donors (Lipinski definition) is 0. The maximum absolute atomic E-state index is 11.6. The van der Waals surface area contributed by atoms with Gasteiger partial charge in [-0.25, -0.2) is 14.6 Å². The highest BCUT2D eigenvalue weighted by molar-refractivity contribution is 5.95. The summed E-state index contributed by atoms with van der Waals surface area (Å²) in [6.07, 6.45) is 5.09. The first-order valence-corrected chi connectivity index (χ1v) is 11.3. The monoisotopic (exact) mass is 446 g/mol. The second kappa shape index (κ2) is 8.79. The molecule has 2 aliphatic rings. The Kier molecular flexibility index (Phi) is 5.68. The number of para-hydroxylation sites is 1. The summed E-state index contributed by atoms with van der Waals surface area (Å²) in [6, 6.07) is 7.90. The molecule has 4 heterocycles. The van der Waals surface area contributed by atoms with Gasteiger partial charge in [0.1, 0.15) is 29.3 Å². The summed E-state index contributed by atoms with van der Waals surface area (Å²) in [7, 11) is 0. The van der Waals surface area contributed by atoms with E-state index < -0.39 is 0 Å². The lowest BCUT2D eigenvalue weighted by molar-refractivity contribution is -0.128. The molecule has 2 unspecified atom stereocenters. The molecule has 0 aliphatic carbocycles. The lowest BCUT2D eigenvalue weighted by atomic mass is 10.1. The van der Waals surface area contributed by atoms with Crippen molar-refractivity contribution in [2.45, 2.75) is 51.9 Å². The van der Waals surface area contributed by atoms with Crippen LogP contribution in [0, 0.1) is 18.3 Å². The normalized spacial score (nSPS) is 20.7. The number of rotatable bonds is 4. The number of carbonyl (C=O) groups excluding carboxylic acids is 1. The van der Waals surface area contributed by atoms with E-state index in [9.17, 15) is 10.1 Å². The van der Waals surface area contributed by atoms with Gasteiger partial charge in [0.15, 0.2) is 6.23 Å². The van der Waals surface area contributed by atoms with Crippen LogP contribution in [-0.2, 0) is 9.53 Å². The summed E-state index contributed by atoms with van der Waals surface area (Å²) in [5, 5.41) is 15.4. The van der Waals surface area contributed by atoms with Crippen molar-refractivity contribution in [3.63, 3.8) is 0 Å². The van der Waals surface area contributed by atoms with E-state index in [-0.39, 0.29) is 18.2 Å². The standard InChI is InChI=1S/C24H26N6O3/c1-15-24(33-18-9-10-29(14-18)16(2)31)26-13-20(27-15)22-19-7-5-6-17(12-25)23(19)30(28-22)21-8-3-4-11-32-21/h5-7,13,18,21H,3-4,8-11,14H2,1-2H3. The van der Waals surface area contributed by atoms with E-state index in [1.54, 1.807) is 24.1 Å². The average molecular weight is 447 g/mol. The molecule has 33 heavy (non-hydrogen) atoms. The van der Waals surface area contributed by atoms with Crippen LogP contribution in [-0.4, -0.2) is 56.4 Å². The maximum atomic E-state index is 11.6. The van der Waals surface area contributed by atoms with Gasteiger partial charge in [0, 0.05) is 31.9 Å². The second-order valence-electron chi connectivity index (χ2n) is 8.57. The fourth-order valence-corrected chi connectivity index (χ4v) is 4.57. The van der Waals surface area contributed by atoms with Gasteiger partial charge in [-0.3, -0.25) is 4.79 Å². The van der Waals surface area contributed by atoms with Crippen LogP contribution in [0.4, 0.5) is 0 Å². The zero-order chi connectivity index (χ0) is 22.9. The molecular formula is C24H26N6O3. The van der Waals surface area contributed by atoms with Crippen LogP contribution >= 0.6 is 0 Å². The van der Waals surface area contributed by atoms with Gasteiger partial charge >= 0.3 is 0 Å². The molecule has 0 radical (unpaired) electrons. The predicted octanol–water partition coefficient (Wildman–Crippen LogP) is 3.37. The molecule has 2 aromatic heterocycles. The molecule has 1 amide bonds. The van der Waals surface area contributed by atoms with Crippen molar-refractivity contribution < 1.29 is 14.3 Å². The number of nitriles is 1. The van der Waals surface area contributed by atoms with Gasteiger partial charge in [-0.15, -0.1) is 0 Å². The van der Waals surface area contributed by atoms with Crippen LogP contribution in [0.3, 0.4) is 0 Å². The highest BCUT2D eigenvalue weighted by Gasteiger charge is 2.27. The summed E-state index contributed by atoms with van der Waals surface area (Å²) in [5.41, 5.74) is 3.26. The van der Waals surface area contributed by atoms with Crippen LogP contribution in [0.1, 0.15) is 50.1 Å². The Hall–Kier alpha value is -3.51. The molecule has 2 saturated heterocycles. The molecule has 2 atom stereocenters. The van der Waals surface area contributed by atoms with Crippen LogP contribution in [0.15, 0.2) is 24.4 Å². The van der Waals surface area contributed by atoms with Crippen molar-refractivity contribution in [1.29, 1.82) is 5.26 Å². The number of benzene rings is 1. The third-order valence-corrected chi connectivity index (χ3v) is 6.29. The number of hydrogen-bond acceptors (Lipinski definition) is 7. The SMILES string of the molecule is CC(=O)N1CCC(Oc2ncc(-c3nn(C4CCCCO4)c4c(C#N)cccc34)nc2C)C1. The molecule has 3 aromatic rings. The van der Waals surface area contributed by atoms with E-state index in [0.29, 0.717) is 48.2 Å². The number of amides is 1. The Labute approximate surface area is 191 Å². The molecule has 9 heteroatoms. The first-order valence-electron chi connectivity index (χ1n) is 11.3. The van der Waals surface area contributed by atoms with Gasteiger partial charge in [0.05, 0.1) is 23.8 Å². The lowest BCUT2D eigenvalue weighted by Crippen LogP contribution is -2.29. The summed E-state index contributed by atoms with van der Waals surface area (Å²) in [5.74, 6) is 0.520. The maximum Gasteiger partial charge on any atom is 0.235 e. The number of carbonyl (C=O) groups is 1. The average Bonchev–Trinajstić information content (AvgIpc) is 3.46. The molecule has 2 fully saturated rings. The number of fused-ring (bicyclic) bond motifs is 1. The van der Waals surface area contributed by atoms with Crippen LogP contribution in [0.25, 0.3) is 22.3 Å². The zero-order valence-corrected chi connectivity index (χ0v) is 18.8. The molecule has 2 aliphatic heterocycles. The Bertz CT molecular complexity index is 1240. The Morgan fingerprint density at radius 2 is 2.18 bits per heavy atom. The van der Waals surface area contributed by atoms with Crippen molar-refractivity contribution in [2.75, 3.05) is 19.7 Å². The number of aromatic nitrogens is 4. The largest absolute Gasteiger partial charge is 0.471 e. The fourth-order valence-electron chi connectivity index (χ4n) is 4.57. The lowest BCUT2D eigenvalue weighted by Gasteiger charge is -2.23. The molecular weight excluding hydrogens is 420 g/mol. The molecule has 0 spiro atoms. The summed E-state index contributed by atoms with van der Waals surface area (Å²) < 4.78 is 13.8. The molecule has 170 valence electrons. The van der Waals surface area contributed by atoms with E-state index in [0.717, 1.165) is 36.6 Å². The van der Waals surface area contributed by atoms with E-state index in [4.69, 9.17) is 19.6 Å². The minimum atomic E-state index is -0.201. The molecule has 1 aromatic carbocycles. The van der Waals surface area contributed by atoms with Gasteiger partial charge in [-0.2, -0.15) is 10.4 Å². The number of nitrogens with zero attached hydrogens (tertiary/aromatic N) is 6. The molecule has 0 saturated carbocycles. The summed E-state index contributed by atoms with van der Waals surface area (Å²) >= 11 is 0. The van der Waals surface area contributed by atoms with Gasteiger partial charge in [0.2, 0.25) is 11.8 Å². The molecule has 0 bridgehead atoms. The second-order valence-corrected chi connectivity index (χ2v) is 8.57. The number of likely N-dealkylation sites (tertiary alicyclic amines) is 1. The third-order valence-electron chi connectivity index (χ3n) is 6.29. The minimum absolute atomic E-state index is 0.0559. The van der Waals surface area contributed by atoms with Gasteiger partial charge in [-0.1, -0.05) is 12.1 Å². The van der Waals surface area contributed by atoms with E-state index >= 15 is 0 Å². The van der Waals surface area contributed by atoms with Crippen LogP contribution in [0.2, 0.25) is 0 Å². The highest BCUT2D eigenvalue weighted by atomic mass is 16.5. The first-order chi connectivity index (χ1) is 16.0. The smallest absolute Gasteiger partial charge is 0.235 e. The summed E-state index contributed by atoms with van der Waals surface area (Å²) in [4.78, 5) is 22.6. The molecule has 9 nitrogen and oxygen atoms in total. The Morgan fingerprint density at radius 1 is 1.30 bits per heavy atom. The Morgan fingerprint density at radius 3 is 2.88 bits per heavy atom. The van der Waals surface area contributed by atoms with Crippen molar-refractivity contribution >= 4 is 16.8 Å². The molecule has 0 N–H and O–H groups in total. The van der Waals surface area contributed by atoms with Gasteiger partial charge in [-0.05, 0) is 32.3 Å². The number of aryl methyl sites for hydroxylation is 1. The van der Waals surface area contributed by atoms with Crippen LogP contribution < -0.4 is 4.74 Å². The van der Waals surface area contributed by atoms with Crippen molar-refractivity contribution in [3.8, 4) is 23.3 Å². The highest BCUT2D eigenvalue weighted by Crippen LogP contribution is 2.34. The van der Waals surface area contributed by atoms with Gasteiger partial charge < -0.3 is 14.4 Å². The quantitative estimate of drug-likeness (QED) is 0.605. The van der Waals surface area contributed by atoms with Gasteiger partial charge in [0.25, 0.3) is 0 Å². The third kappa shape index (κ3) is 4.02. The summed E-state index contributed by atoms with van der Waals surface area (Å²) in [6.45, 7) is 5.36. The molecule has 5 rings (SSSR count). The van der Waals surface area contributed by atoms with E-state index in [2.05, 4.69) is 11.1 Å². The van der Waals surface area contributed by atoms with E-state index in [1.807, 2.05) is 23.7 Å². The zero-order valence-electron chi connectivity index (χ0n) is 18.8. The van der Waals surface area contributed by atoms with Crippen molar-refractivity contribution in [3.05, 3.63) is 35.7 Å². The van der Waals surface area contributed by atoms with Crippen molar-refractivity contribution in [1.82, 2.24) is 24.6 Å². The van der Waals surface area contributed by atoms with E-state index in [1.165, 1.54) is 0 Å². The fraction of sp³-hybridized carbons (Fsp3) is 0.458. The first kappa shape index (κ1) is 21.3.